The fourth-order valence-electron chi connectivity index (χ4n) is 2.78. The third kappa shape index (κ3) is 5.01. The molecule has 0 saturated carbocycles. The van der Waals surface area contributed by atoms with Gasteiger partial charge < -0.3 is 9.47 Å². The van der Waals surface area contributed by atoms with Crippen molar-refractivity contribution in [3.05, 3.63) is 48.5 Å². The van der Waals surface area contributed by atoms with Crippen LogP contribution in [0.4, 0.5) is 57.1 Å². The molecule has 0 heterocycles. The highest BCUT2D eigenvalue weighted by Gasteiger charge is 2.90. The van der Waals surface area contributed by atoms with Crippen molar-refractivity contribution in [1.82, 2.24) is 0 Å². The van der Waals surface area contributed by atoms with E-state index in [0.717, 1.165) is 12.1 Å². The average Bonchev–Trinajstić information content (AvgIpc) is 2.78. The lowest BCUT2D eigenvalue weighted by Gasteiger charge is -2.39. The van der Waals surface area contributed by atoms with E-state index in [-0.39, 0.29) is 5.75 Å². The Labute approximate surface area is 194 Å². The molecule has 0 fully saturated rings. The molecule has 0 atom stereocenters. The van der Waals surface area contributed by atoms with Crippen LogP contribution < -0.4 is 9.47 Å². The van der Waals surface area contributed by atoms with E-state index < -0.39 is 48.8 Å². The fourth-order valence-corrected chi connectivity index (χ4v) is 2.78. The summed E-state index contributed by atoms with van der Waals surface area (Å²) in [6.07, 6.45) is -9.87. The molecule has 0 N–H and O–H groups in total. The summed E-state index contributed by atoms with van der Waals surface area (Å²) in [7, 11) is 1.44. The highest BCUT2D eigenvalue weighted by Crippen LogP contribution is 2.60. The topological polar surface area (TPSA) is 18.5 Å². The Hall–Kier alpha value is -2.87. The predicted molar refractivity (Wildman–Crippen MR) is 99.3 cm³/mol. The molecule has 0 saturated heterocycles. The minimum Gasteiger partial charge on any atom is -0.497 e. The van der Waals surface area contributed by atoms with E-state index in [9.17, 15) is 57.1 Å². The Morgan fingerprint density at radius 3 is 1.31 bits per heavy atom. The van der Waals surface area contributed by atoms with Gasteiger partial charge in [-0.15, -0.1) is 0 Å². The number of ether oxygens (including phenoxy) is 2. The number of hydrogen-bond donors (Lipinski definition) is 0. The van der Waals surface area contributed by atoms with E-state index in [1.54, 1.807) is 24.3 Å². The Morgan fingerprint density at radius 1 is 0.528 bits per heavy atom. The maximum Gasteiger partial charge on any atom is 0.460 e. The zero-order valence-electron chi connectivity index (χ0n) is 17.8. The Bertz CT molecular complexity index is 1010. The summed E-state index contributed by atoms with van der Waals surface area (Å²) in [5.41, 5.74) is 1.22. The standard InChI is InChI=1S/C21H15F13O2/c1-35-14-6-2-12(3-7-14)13-4-8-15(9-5-13)36-11-10-16(22,23)17(24,25)18(26,27)19(28,29)20(30,31)21(32,33)34/h2-9H,10-11H2,1H3. The van der Waals surface area contributed by atoms with Gasteiger partial charge in [0.2, 0.25) is 0 Å². The van der Waals surface area contributed by atoms with E-state index in [1.165, 1.54) is 19.2 Å². The molecule has 2 nitrogen and oxygen atoms in total. The van der Waals surface area contributed by atoms with E-state index in [1.807, 2.05) is 0 Å². The van der Waals surface area contributed by atoms with Gasteiger partial charge in [0, 0.05) is 0 Å². The van der Waals surface area contributed by atoms with Crippen molar-refractivity contribution in [1.29, 1.82) is 0 Å². The minimum absolute atomic E-state index is 0.257. The van der Waals surface area contributed by atoms with Gasteiger partial charge in [0.15, 0.2) is 0 Å². The molecular weight excluding hydrogens is 531 g/mol. The first-order chi connectivity index (χ1) is 16.2. The molecule has 0 aliphatic rings. The fraction of sp³-hybridized carbons (Fsp3) is 0.429. The number of rotatable bonds is 10. The lowest BCUT2D eigenvalue weighted by atomic mass is 9.93. The van der Waals surface area contributed by atoms with Crippen molar-refractivity contribution in [2.45, 2.75) is 42.2 Å². The van der Waals surface area contributed by atoms with Crippen LogP contribution in [0, 0.1) is 0 Å². The van der Waals surface area contributed by atoms with Crippen LogP contribution in [0.1, 0.15) is 6.42 Å². The van der Waals surface area contributed by atoms with Gasteiger partial charge in [0.1, 0.15) is 11.5 Å². The molecule has 202 valence electrons. The van der Waals surface area contributed by atoms with Crippen molar-refractivity contribution < 1.29 is 66.5 Å². The van der Waals surface area contributed by atoms with Crippen molar-refractivity contribution >= 4 is 0 Å². The minimum atomic E-state index is -7.91. The normalized spacial score (nSPS) is 14.1. The van der Waals surface area contributed by atoms with Crippen molar-refractivity contribution in [2.24, 2.45) is 0 Å². The summed E-state index contributed by atoms with van der Waals surface area (Å²) >= 11 is 0. The van der Waals surface area contributed by atoms with Gasteiger partial charge in [-0.1, -0.05) is 24.3 Å². The second-order valence-corrected chi connectivity index (χ2v) is 7.35. The van der Waals surface area contributed by atoms with E-state index >= 15 is 0 Å². The zero-order valence-corrected chi connectivity index (χ0v) is 17.8. The SMILES string of the molecule is COc1ccc(-c2ccc(OCCC(F)(F)C(F)(F)C(F)(F)C(F)(F)C(F)(F)C(F)(F)F)cc2)cc1. The molecule has 0 aliphatic heterocycles. The van der Waals surface area contributed by atoms with Crippen LogP contribution in [0.5, 0.6) is 11.5 Å². The average molecular weight is 546 g/mol. The van der Waals surface area contributed by atoms with Crippen LogP contribution in [0.25, 0.3) is 11.1 Å². The number of methoxy groups -OCH3 is 1. The van der Waals surface area contributed by atoms with Gasteiger partial charge in [-0.2, -0.15) is 57.1 Å². The smallest absolute Gasteiger partial charge is 0.460 e. The number of halogens is 13. The van der Waals surface area contributed by atoms with Gasteiger partial charge >= 0.3 is 35.8 Å². The van der Waals surface area contributed by atoms with Crippen LogP contribution in [-0.2, 0) is 0 Å². The summed E-state index contributed by atoms with van der Waals surface area (Å²) in [4.78, 5) is 0. The van der Waals surface area contributed by atoms with Gasteiger partial charge in [-0.25, -0.2) is 0 Å². The molecule has 0 aliphatic carbocycles. The second-order valence-electron chi connectivity index (χ2n) is 7.35. The van der Waals surface area contributed by atoms with Crippen LogP contribution >= 0.6 is 0 Å². The summed E-state index contributed by atoms with van der Waals surface area (Å²) in [6, 6.07) is 11.6. The maximum atomic E-state index is 13.8. The largest absolute Gasteiger partial charge is 0.497 e. The molecule has 0 bridgehead atoms. The lowest BCUT2D eigenvalue weighted by molar-refractivity contribution is -0.440. The third-order valence-electron chi connectivity index (χ3n) is 4.96. The molecule has 15 heteroatoms. The maximum absolute atomic E-state index is 13.8. The van der Waals surface area contributed by atoms with E-state index in [4.69, 9.17) is 9.47 Å². The van der Waals surface area contributed by atoms with Gasteiger partial charge in [-0.05, 0) is 35.4 Å². The molecule has 2 aromatic rings. The van der Waals surface area contributed by atoms with Crippen LogP contribution in [-0.4, -0.2) is 49.5 Å². The summed E-state index contributed by atoms with van der Waals surface area (Å²) in [5.74, 6) is -36.7. The Balaban J connectivity index is 2.13. The lowest BCUT2D eigenvalue weighted by Crippen LogP contribution is -2.70. The number of alkyl halides is 13. The van der Waals surface area contributed by atoms with Crippen LogP contribution in [0.3, 0.4) is 0 Å². The highest BCUT2D eigenvalue weighted by atomic mass is 19.4. The quantitative estimate of drug-likeness (QED) is 0.283. The van der Waals surface area contributed by atoms with Crippen LogP contribution in [0.15, 0.2) is 48.5 Å². The predicted octanol–water partition coefficient (Wildman–Crippen LogP) is 7.87. The Morgan fingerprint density at radius 2 is 0.917 bits per heavy atom. The van der Waals surface area contributed by atoms with Crippen molar-refractivity contribution in [2.75, 3.05) is 13.7 Å². The van der Waals surface area contributed by atoms with Crippen molar-refractivity contribution in [3.63, 3.8) is 0 Å². The van der Waals surface area contributed by atoms with Gasteiger partial charge in [0.25, 0.3) is 0 Å². The molecule has 36 heavy (non-hydrogen) atoms. The van der Waals surface area contributed by atoms with Crippen molar-refractivity contribution in [3.8, 4) is 22.6 Å². The molecular formula is C21H15F13O2. The van der Waals surface area contributed by atoms with Gasteiger partial charge in [0.05, 0.1) is 20.1 Å². The number of benzene rings is 2. The first-order valence-electron chi connectivity index (χ1n) is 9.56. The molecule has 0 amide bonds. The summed E-state index contributed by atoms with van der Waals surface area (Å²) in [5, 5.41) is 0. The molecule has 0 radical (unpaired) electrons. The Kier molecular flexibility index (Phi) is 7.78. The number of hydrogen-bond acceptors (Lipinski definition) is 2. The zero-order chi connectivity index (χ0) is 27.8. The molecule has 0 spiro atoms. The second kappa shape index (κ2) is 9.54. The third-order valence-corrected chi connectivity index (χ3v) is 4.96. The molecule has 0 aromatic heterocycles. The summed E-state index contributed by atoms with van der Waals surface area (Å²) < 4.78 is 180. The molecule has 0 unspecified atom stereocenters. The first kappa shape index (κ1) is 29.4. The van der Waals surface area contributed by atoms with Gasteiger partial charge in [-0.3, -0.25) is 0 Å². The summed E-state index contributed by atoms with van der Waals surface area (Å²) in [6.45, 7) is -1.51. The van der Waals surface area contributed by atoms with E-state index in [0.29, 0.717) is 16.9 Å². The van der Waals surface area contributed by atoms with E-state index in [2.05, 4.69) is 0 Å². The molecule has 2 rings (SSSR count). The highest BCUT2D eigenvalue weighted by molar-refractivity contribution is 5.64. The first-order valence-corrected chi connectivity index (χ1v) is 9.56. The van der Waals surface area contributed by atoms with Crippen LogP contribution in [0.2, 0.25) is 0 Å². The monoisotopic (exact) mass is 546 g/mol. The molecule has 2 aromatic carbocycles.